The standard InChI is InChI=1S/C20H20O4/c21-19-7-9-20(22,10-8-19)16-4-2-6-18(14-16)24-12-11-23-17-5-1-3-15(19)13-17/h1-7,9,13-14,21-22H,8,10-12H2/t19-,20+. The van der Waals surface area contributed by atoms with Gasteiger partial charge in [-0.1, -0.05) is 24.3 Å². The fourth-order valence-corrected chi connectivity index (χ4v) is 3.33. The summed E-state index contributed by atoms with van der Waals surface area (Å²) in [6.45, 7) is 0.818. The highest BCUT2D eigenvalue weighted by Gasteiger charge is 2.38. The van der Waals surface area contributed by atoms with Gasteiger partial charge >= 0.3 is 0 Å². The van der Waals surface area contributed by atoms with Gasteiger partial charge < -0.3 is 19.7 Å². The summed E-state index contributed by atoms with van der Waals surface area (Å²) >= 11 is 0. The summed E-state index contributed by atoms with van der Waals surface area (Å²) < 4.78 is 11.4. The molecule has 4 nitrogen and oxygen atoms in total. The molecule has 0 unspecified atom stereocenters. The molecule has 1 aliphatic carbocycles. The highest BCUT2D eigenvalue weighted by atomic mass is 16.5. The van der Waals surface area contributed by atoms with Crippen LogP contribution in [0.3, 0.4) is 0 Å². The normalized spacial score (nSPS) is 28.6. The number of fused-ring (bicyclic) bond motifs is 4. The van der Waals surface area contributed by atoms with Crippen LogP contribution in [0.5, 0.6) is 11.5 Å². The molecule has 0 spiro atoms. The maximum Gasteiger partial charge on any atom is 0.122 e. The van der Waals surface area contributed by atoms with Crippen LogP contribution < -0.4 is 9.47 Å². The number of benzene rings is 2. The van der Waals surface area contributed by atoms with E-state index in [4.69, 9.17) is 9.47 Å². The Morgan fingerprint density at radius 3 is 1.58 bits per heavy atom. The third kappa shape index (κ3) is 2.68. The predicted molar refractivity (Wildman–Crippen MR) is 90.0 cm³/mol. The number of aliphatic hydroxyl groups is 2. The molecule has 2 aromatic carbocycles. The number of ether oxygens (including phenoxy) is 2. The van der Waals surface area contributed by atoms with Crippen molar-refractivity contribution in [3.63, 3.8) is 0 Å². The van der Waals surface area contributed by atoms with Crippen molar-refractivity contribution < 1.29 is 19.7 Å². The van der Waals surface area contributed by atoms with Gasteiger partial charge in [-0.15, -0.1) is 0 Å². The third-order valence-electron chi connectivity index (χ3n) is 4.81. The van der Waals surface area contributed by atoms with Crippen LogP contribution >= 0.6 is 0 Å². The maximum absolute atomic E-state index is 11.0. The first-order valence-corrected chi connectivity index (χ1v) is 8.19. The Balaban J connectivity index is 1.80. The second-order valence-corrected chi connectivity index (χ2v) is 6.43. The summed E-state index contributed by atoms with van der Waals surface area (Å²) in [4.78, 5) is 0. The van der Waals surface area contributed by atoms with Gasteiger partial charge in [-0.2, -0.15) is 0 Å². The van der Waals surface area contributed by atoms with Gasteiger partial charge in [-0.25, -0.2) is 0 Å². The molecule has 2 atom stereocenters. The van der Waals surface area contributed by atoms with Crippen LogP contribution in [0.15, 0.2) is 60.7 Å². The molecule has 0 saturated heterocycles. The van der Waals surface area contributed by atoms with Crippen molar-refractivity contribution in [2.24, 2.45) is 0 Å². The van der Waals surface area contributed by atoms with Gasteiger partial charge in [0.15, 0.2) is 0 Å². The average molecular weight is 324 g/mol. The maximum atomic E-state index is 11.0. The van der Waals surface area contributed by atoms with Gasteiger partial charge in [0.1, 0.15) is 35.9 Å². The van der Waals surface area contributed by atoms with Crippen LogP contribution in [0, 0.1) is 0 Å². The second kappa shape index (κ2) is 5.65. The van der Waals surface area contributed by atoms with E-state index in [2.05, 4.69) is 0 Å². The van der Waals surface area contributed by atoms with E-state index in [1.54, 1.807) is 12.2 Å². The lowest BCUT2D eigenvalue weighted by molar-refractivity contribution is 0.00552. The molecule has 0 saturated carbocycles. The minimum atomic E-state index is -1.09. The molecule has 6 bridgehead atoms. The largest absolute Gasteiger partial charge is 0.490 e. The third-order valence-corrected chi connectivity index (χ3v) is 4.81. The molecule has 5 rings (SSSR count). The number of hydrogen-bond acceptors (Lipinski definition) is 4. The topological polar surface area (TPSA) is 58.9 Å². The Morgan fingerprint density at radius 2 is 1.17 bits per heavy atom. The molecular weight excluding hydrogens is 304 g/mol. The Kier molecular flexibility index (Phi) is 3.59. The summed E-state index contributed by atoms with van der Waals surface area (Å²) in [5.74, 6) is 1.40. The van der Waals surface area contributed by atoms with E-state index >= 15 is 0 Å². The molecule has 2 N–H and O–H groups in total. The Bertz CT molecular complexity index is 719. The quantitative estimate of drug-likeness (QED) is 0.732. The smallest absolute Gasteiger partial charge is 0.122 e. The van der Waals surface area contributed by atoms with Crippen molar-refractivity contribution >= 4 is 0 Å². The van der Waals surface area contributed by atoms with Crippen LogP contribution in [-0.2, 0) is 11.2 Å². The summed E-state index contributed by atoms with van der Waals surface area (Å²) in [6, 6.07) is 14.9. The minimum Gasteiger partial charge on any atom is -0.490 e. The van der Waals surface area contributed by atoms with Gasteiger partial charge in [-0.05, 0) is 60.4 Å². The molecule has 2 heterocycles. The molecule has 124 valence electrons. The zero-order valence-electron chi connectivity index (χ0n) is 13.3. The van der Waals surface area contributed by atoms with Gasteiger partial charge in [-0.3, -0.25) is 0 Å². The van der Waals surface area contributed by atoms with E-state index in [-0.39, 0.29) is 0 Å². The van der Waals surface area contributed by atoms with E-state index in [0.29, 0.717) is 37.6 Å². The van der Waals surface area contributed by atoms with Crippen LogP contribution in [0.25, 0.3) is 0 Å². The van der Waals surface area contributed by atoms with Crippen molar-refractivity contribution in [3.8, 4) is 11.5 Å². The summed E-state index contributed by atoms with van der Waals surface area (Å²) in [6.07, 6.45) is 4.23. The SMILES string of the molecule is O[C@]12C=C[C@](O)(CC1)c1cccc(c1)OCCOc1cccc2c1. The highest BCUT2D eigenvalue weighted by Crippen LogP contribution is 2.42. The Labute approximate surface area is 141 Å². The van der Waals surface area contributed by atoms with Gasteiger partial charge in [0.25, 0.3) is 0 Å². The molecule has 24 heavy (non-hydrogen) atoms. The highest BCUT2D eigenvalue weighted by molar-refractivity contribution is 5.40. The van der Waals surface area contributed by atoms with Gasteiger partial charge in [0.2, 0.25) is 0 Å². The first-order chi connectivity index (χ1) is 11.6. The Hall–Kier alpha value is -2.30. The van der Waals surface area contributed by atoms with Crippen molar-refractivity contribution in [3.05, 3.63) is 71.8 Å². The Morgan fingerprint density at radius 1 is 0.708 bits per heavy atom. The second-order valence-electron chi connectivity index (χ2n) is 6.43. The van der Waals surface area contributed by atoms with E-state index in [0.717, 1.165) is 11.1 Å². The molecule has 0 aromatic heterocycles. The number of hydrogen-bond donors (Lipinski definition) is 2. The van der Waals surface area contributed by atoms with E-state index < -0.39 is 11.2 Å². The first kappa shape index (κ1) is 15.2. The molecule has 2 aromatic rings. The fourth-order valence-electron chi connectivity index (χ4n) is 3.33. The van der Waals surface area contributed by atoms with Crippen LogP contribution in [0.2, 0.25) is 0 Å². The molecule has 0 fully saturated rings. The van der Waals surface area contributed by atoms with E-state index in [1.807, 2.05) is 48.5 Å². The summed E-state index contributed by atoms with van der Waals surface area (Å²) in [7, 11) is 0. The van der Waals surface area contributed by atoms with Crippen molar-refractivity contribution in [2.45, 2.75) is 24.0 Å². The monoisotopic (exact) mass is 324 g/mol. The van der Waals surface area contributed by atoms with Crippen molar-refractivity contribution in [1.82, 2.24) is 0 Å². The van der Waals surface area contributed by atoms with Crippen molar-refractivity contribution in [1.29, 1.82) is 0 Å². The van der Waals surface area contributed by atoms with Crippen LogP contribution in [0.4, 0.5) is 0 Å². The van der Waals surface area contributed by atoms with Crippen LogP contribution in [0.1, 0.15) is 24.0 Å². The molecule has 0 radical (unpaired) electrons. The van der Waals surface area contributed by atoms with E-state index in [1.165, 1.54) is 0 Å². The molecule has 2 aliphatic heterocycles. The number of rotatable bonds is 0. The predicted octanol–water partition coefficient (Wildman–Crippen LogP) is 2.88. The average Bonchev–Trinajstić information content (AvgIpc) is 2.62. The molecular formula is C20H20O4. The summed E-state index contributed by atoms with van der Waals surface area (Å²) in [5.41, 5.74) is -0.650. The molecule has 4 heteroatoms. The van der Waals surface area contributed by atoms with Gasteiger partial charge in [0, 0.05) is 0 Å². The van der Waals surface area contributed by atoms with E-state index in [9.17, 15) is 10.2 Å². The zero-order valence-corrected chi connectivity index (χ0v) is 13.3. The summed E-state index contributed by atoms with van der Waals surface area (Å²) in [5, 5.41) is 22.0. The van der Waals surface area contributed by atoms with Gasteiger partial charge in [0.05, 0.1) is 0 Å². The lowest BCUT2D eigenvalue weighted by atomic mass is 9.76. The molecule has 3 aliphatic rings. The molecule has 0 amide bonds. The minimum absolute atomic E-state index is 0.409. The lowest BCUT2D eigenvalue weighted by Crippen LogP contribution is -2.35. The zero-order chi connectivity index (χ0) is 16.6. The fraction of sp³-hybridized carbons (Fsp3) is 0.300. The lowest BCUT2D eigenvalue weighted by Gasteiger charge is -2.37. The first-order valence-electron chi connectivity index (χ1n) is 8.19. The van der Waals surface area contributed by atoms with Crippen LogP contribution in [-0.4, -0.2) is 23.4 Å². The van der Waals surface area contributed by atoms with Crippen molar-refractivity contribution in [2.75, 3.05) is 13.2 Å².